The number of thiazole rings is 1. The first-order valence-corrected chi connectivity index (χ1v) is 8.91. The molecule has 2 heterocycles. The fraction of sp³-hybridized carbons (Fsp3) is 0.211. The van der Waals surface area contributed by atoms with Crippen LogP contribution < -0.4 is 4.74 Å². The largest absolute Gasteiger partial charge is 0.491 e. The number of nitrogens with zero attached hydrogens (tertiary/aromatic N) is 3. The number of rotatable bonds is 4. The highest BCUT2D eigenvalue weighted by Gasteiger charge is 2.20. The monoisotopic (exact) mass is 387 g/mol. The molecule has 0 atom stereocenters. The van der Waals surface area contributed by atoms with Gasteiger partial charge >= 0.3 is 0 Å². The molecule has 0 aliphatic heterocycles. The second-order valence-corrected chi connectivity index (χ2v) is 7.08. The third-order valence-corrected chi connectivity index (χ3v) is 5.14. The molecule has 0 fully saturated rings. The third kappa shape index (κ3) is 3.00. The molecule has 0 saturated carbocycles. The van der Waals surface area contributed by atoms with Gasteiger partial charge in [0, 0.05) is 12.7 Å². The number of methoxy groups -OCH3 is 2. The van der Waals surface area contributed by atoms with Crippen molar-refractivity contribution < 1.29 is 18.3 Å². The number of hydrogen-bond acceptors (Lipinski definition) is 6. The van der Waals surface area contributed by atoms with Gasteiger partial charge < -0.3 is 9.47 Å². The van der Waals surface area contributed by atoms with Crippen LogP contribution in [0.2, 0.25) is 0 Å². The van der Waals surface area contributed by atoms with Gasteiger partial charge in [-0.2, -0.15) is 4.39 Å². The molecular weight excluding hydrogens is 372 g/mol. The summed E-state index contributed by atoms with van der Waals surface area (Å²) in [5.41, 5.74) is 4.12. The summed E-state index contributed by atoms with van der Waals surface area (Å²) in [6.07, 6.45) is 1.65. The van der Waals surface area contributed by atoms with Crippen LogP contribution in [0.1, 0.15) is 11.3 Å². The van der Waals surface area contributed by atoms with E-state index in [1.54, 1.807) is 13.3 Å². The molecule has 0 radical (unpaired) electrons. The normalized spacial score (nSPS) is 11.4. The molecule has 4 rings (SSSR count). The van der Waals surface area contributed by atoms with E-state index in [0.717, 1.165) is 22.9 Å². The molecule has 5 nitrogen and oxygen atoms in total. The summed E-state index contributed by atoms with van der Waals surface area (Å²) in [4.78, 5) is 13.6. The average molecular weight is 387 g/mol. The maximum Gasteiger partial charge on any atom is 0.202 e. The van der Waals surface area contributed by atoms with E-state index in [-0.39, 0.29) is 11.3 Å². The molecule has 138 valence electrons. The fourth-order valence-electron chi connectivity index (χ4n) is 2.97. The number of fused-ring (bicyclic) bond motifs is 2. The van der Waals surface area contributed by atoms with Crippen LogP contribution >= 0.6 is 11.3 Å². The predicted octanol–water partition coefficient (Wildman–Crippen LogP) is 4.65. The Bertz CT molecular complexity index is 1180. The minimum Gasteiger partial charge on any atom is -0.491 e. The van der Waals surface area contributed by atoms with Crippen LogP contribution in [0.4, 0.5) is 8.78 Å². The van der Waals surface area contributed by atoms with E-state index in [1.165, 1.54) is 18.4 Å². The van der Waals surface area contributed by atoms with Crippen molar-refractivity contribution in [2.24, 2.45) is 0 Å². The van der Waals surface area contributed by atoms with Crippen molar-refractivity contribution in [2.75, 3.05) is 14.2 Å². The maximum atomic E-state index is 14.0. The van der Waals surface area contributed by atoms with E-state index in [1.807, 2.05) is 19.1 Å². The van der Waals surface area contributed by atoms with Gasteiger partial charge in [-0.3, -0.25) is 4.98 Å². The van der Waals surface area contributed by atoms with Gasteiger partial charge in [0.05, 0.1) is 41.3 Å². The first kappa shape index (κ1) is 17.7. The SMILES string of the molecule is COCc1cnc2c(-c3nc4c(OC)c(F)c(F)cc4s3)cc(C)cc2n1. The second-order valence-electron chi connectivity index (χ2n) is 6.05. The summed E-state index contributed by atoms with van der Waals surface area (Å²) < 4.78 is 38.5. The van der Waals surface area contributed by atoms with Gasteiger partial charge in [-0.15, -0.1) is 11.3 Å². The second kappa shape index (κ2) is 6.79. The van der Waals surface area contributed by atoms with E-state index in [2.05, 4.69) is 15.0 Å². The minimum atomic E-state index is -1.04. The summed E-state index contributed by atoms with van der Waals surface area (Å²) in [5, 5.41) is 0.593. The highest BCUT2D eigenvalue weighted by Crippen LogP contribution is 2.39. The maximum absolute atomic E-state index is 14.0. The minimum absolute atomic E-state index is 0.196. The average Bonchev–Trinajstić information content (AvgIpc) is 3.05. The van der Waals surface area contributed by atoms with Crippen molar-refractivity contribution in [3.05, 3.63) is 47.3 Å². The Kier molecular flexibility index (Phi) is 4.45. The number of aromatic nitrogens is 3. The van der Waals surface area contributed by atoms with Crippen LogP contribution in [-0.4, -0.2) is 29.2 Å². The Balaban J connectivity index is 1.96. The number of benzene rings is 2. The molecule has 0 unspecified atom stereocenters. The highest BCUT2D eigenvalue weighted by molar-refractivity contribution is 7.21. The van der Waals surface area contributed by atoms with Crippen LogP contribution in [-0.2, 0) is 11.3 Å². The molecule has 0 saturated heterocycles. The van der Waals surface area contributed by atoms with E-state index >= 15 is 0 Å². The molecule has 0 bridgehead atoms. The zero-order chi connectivity index (χ0) is 19.1. The van der Waals surface area contributed by atoms with E-state index in [0.29, 0.717) is 27.3 Å². The lowest BCUT2D eigenvalue weighted by atomic mass is 10.1. The molecule has 2 aromatic carbocycles. The molecule has 4 aromatic rings. The first-order chi connectivity index (χ1) is 13.0. The van der Waals surface area contributed by atoms with E-state index in [4.69, 9.17) is 9.47 Å². The van der Waals surface area contributed by atoms with Crippen LogP contribution in [0.3, 0.4) is 0 Å². The number of hydrogen-bond donors (Lipinski definition) is 0. The summed E-state index contributed by atoms with van der Waals surface area (Å²) >= 11 is 1.25. The topological polar surface area (TPSA) is 57.1 Å². The van der Waals surface area contributed by atoms with E-state index < -0.39 is 11.6 Å². The summed E-state index contributed by atoms with van der Waals surface area (Å²) in [6, 6.07) is 5.00. The Morgan fingerprint density at radius 2 is 1.89 bits per heavy atom. The Morgan fingerprint density at radius 1 is 1.07 bits per heavy atom. The smallest absolute Gasteiger partial charge is 0.202 e. The van der Waals surface area contributed by atoms with Crippen molar-refractivity contribution >= 4 is 32.6 Å². The fourth-order valence-corrected chi connectivity index (χ4v) is 3.98. The van der Waals surface area contributed by atoms with Crippen LogP contribution in [0.5, 0.6) is 5.75 Å². The van der Waals surface area contributed by atoms with Crippen molar-refractivity contribution in [2.45, 2.75) is 13.5 Å². The number of halogens is 2. The Labute approximate surface area is 157 Å². The van der Waals surface area contributed by atoms with Gasteiger partial charge in [-0.25, -0.2) is 14.4 Å². The van der Waals surface area contributed by atoms with Crippen molar-refractivity contribution in [1.29, 1.82) is 0 Å². The number of aryl methyl sites for hydroxylation is 1. The van der Waals surface area contributed by atoms with Gasteiger partial charge in [0.25, 0.3) is 0 Å². The highest BCUT2D eigenvalue weighted by atomic mass is 32.1. The van der Waals surface area contributed by atoms with Gasteiger partial charge in [-0.05, 0) is 30.7 Å². The van der Waals surface area contributed by atoms with Gasteiger partial charge in [0.2, 0.25) is 5.82 Å². The summed E-state index contributed by atoms with van der Waals surface area (Å²) in [7, 11) is 2.89. The quantitative estimate of drug-likeness (QED) is 0.510. The first-order valence-electron chi connectivity index (χ1n) is 8.10. The molecule has 0 spiro atoms. The van der Waals surface area contributed by atoms with Crippen molar-refractivity contribution in [1.82, 2.24) is 15.0 Å². The number of ether oxygens (including phenoxy) is 2. The van der Waals surface area contributed by atoms with Gasteiger partial charge in [0.15, 0.2) is 11.6 Å². The third-order valence-electron chi connectivity index (χ3n) is 4.10. The molecule has 0 amide bonds. The van der Waals surface area contributed by atoms with Gasteiger partial charge in [-0.1, -0.05) is 0 Å². The molecule has 27 heavy (non-hydrogen) atoms. The van der Waals surface area contributed by atoms with Crippen LogP contribution in [0, 0.1) is 18.6 Å². The standard InChI is InChI=1S/C19H15F2N3O2S/c1-9-4-11(16-13(5-9)23-10(7-22-16)8-25-2)19-24-17-14(27-19)6-12(20)15(21)18(17)26-3/h4-7H,8H2,1-3H3. The lowest BCUT2D eigenvalue weighted by Crippen LogP contribution is -1.96. The molecule has 0 N–H and O–H groups in total. The lowest BCUT2D eigenvalue weighted by Gasteiger charge is -2.06. The Morgan fingerprint density at radius 3 is 2.63 bits per heavy atom. The zero-order valence-electron chi connectivity index (χ0n) is 14.8. The molecule has 0 aliphatic carbocycles. The van der Waals surface area contributed by atoms with E-state index in [9.17, 15) is 8.78 Å². The van der Waals surface area contributed by atoms with Crippen LogP contribution in [0.15, 0.2) is 24.4 Å². The summed E-state index contributed by atoms with van der Waals surface area (Å²) in [6.45, 7) is 2.31. The zero-order valence-corrected chi connectivity index (χ0v) is 15.7. The molecule has 2 aromatic heterocycles. The summed E-state index contributed by atoms with van der Waals surface area (Å²) in [5.74, 6) is -2.20. The van der Waals surface area contributed by atoms with Crippen molar-refractivity contribution in [3.8, 4) is 16.3 Å². The van der Waals surface area contributed by atoms with Crippen LogP contribution in [0.25, 0.3) is 31.8 Å². The lowest BCUT2D eigenvalue weighted by molar-refractivity contribution is 0.181. The van der Waals surface area contributed by atoms with Crippen molar-refractivity contribution in [3.63, 3.8) is 0 Å². The Hall–Kier alpha value is -2.71. The molecule has 0 aliphatic rings. The van der Waals surface area contributed by atoms with Gasteiger partial charge in [0.1, 0.15) is 10.5 Å². The molecule has 8 heteroatoms. The predicted molar refractivity (Wildman–Crippen MR) is 100 cm³/mol. The molecular formula is C19H15F2N3O2S.